The highest BCUT2D eigenvalue weighted by atomic mass is 32.2. The van der Waals surface area contributed by atoms with Crippen molar-refractivity contribution >= 4 is 50.0 Å². The quantitative estimate of drug-likeness (QED) is 0.464. The molecule has 0 saturated carbocycles. The van der Waals surface area contributed by atoms with Crippen molar-refractivity contribution in [1.29, 1.82) is 0 Å². The molecule has 4 aromatic heterocycles. The molecule has 0 bridgehead atoms. The van der Waals surface area contributed by atoms with Crippen molar-refractivity contribution in [2.75, 3.05) is 0 Å². The molecule has 0 fully saturated rings. The van der Waals surface area contributed by atoms with Crippen LogP contribution in [0.15, 0.2) is 41.1 Å². The van der Waals surface area contributed by atoms with Crippen LogP contribution in [0.2, 0.25) is 0 Å². The highest BCUT2D eigenvalue weighted by Gasteiger charge is 2.12. The molecule has 0 amide bonds. The lowest BCUT2D eigenvalue weighted by Crippen LogP contribution is -1.95. The van der Waals surface area contributed by atoms with E-state index in [1.165, 1.54) is 4.70 Å². The van der Waals surface area contributed by atoms with Crippen molar-refractivity contribution in [1.82, 2.24) is 34.3 Å². The Bertz CT molecular complexity index is 1150. The first kappa shape index (κ1) is 13.9. The minimum Gasteiger partial charge on any atom is -0.250 e. The number of thiazole rings is 1. The predicted molar refractivity (Wildman–Crippen MR) is 94.2 cm³/mol. The van der Waals surface area contributed by atoms with Crippen molar-refractivity contribution in [2.45, 2.75) is 10.1 Å². The summed E-state index contributed by atoms with van der Waals surface area (Å²) in [6.45, 7) is 0. The Hall–Kier alpha value is -2.52. The molecule has 24 heavy (non-hydrogen) atoms. The lowest BCUT2D eigenvalue weighted by Gasteiger charge is -1.93. The summed E-state index contributed by atoms with van der Waals surface area (Å²) in [7, 11) is 1.87. The van der Waals surface area contributed by atoms with Gasteiger partial charge in [0.1, 0.15) is 6.33 Å². The third kappa shape index (κ3) is 2.16. The molecule has 0 aliphatic carbocycles. The number of hydrogen-bond acceptors (Lipinski definition) is 7. The largest absolute Gasteiger partial charge is 0.250 e. The molecule has 118 valence electrons. The van der Waals surface area contributed by atoms with Gasteiger partial charge in [0.05, 0.1) is 27.6 Å². The lowest BCUT2D eigenvalue weighted by molar-refractivity contribution is 0.782. The normalized spacial score (nSPS) is 11.9. The van der Waals surface area contributed by atoms with E-state index in [-0.39, 0.29) is 0 Å². The Morgan fingerprint density at radius 1 is 1.17 bits per heavy atom. The third-order valence-corrected chi connectivity index (χ3v) is 5.89. The molecular formula is C15H11N7S2. The standard InChI is InChI=1S/C15H11N7S2/c1-21-13-9(6-17-21)14-19-12(20-22(14)8-16-13)7-23-15-18-10-4-2-3-5-11(10)24-15/h2-6,8H,7H2,1H3. The van der Waals surface area contributed by atoms with E-state index in [0.29, 0.717) is 5.75 Å². The molecule has 9 heteroatoms. The van der Waals surface area contributed by atoms with Crippen molar-refractivity contribution in [2.24, 2.45) is 7.05 Å². The van der Waals surface area contributed by atoms with Crippen LogP contribution < -0.4 is 0 Å². The van der Waals surface area contributed by atoms with Gasteiger partial charge in [-0.05, 0) is 12.1 Å². The fourth-order valence-corrected chi connectivity index (χ4v) is 4.50. The first-order valence-electron chi connectivity index (χ1n) is 7.28. The smallest absolute Gasteiger partial charge is 0.170 e. The molecule has 0 aliphatic heterocycles. The van der Waals surface area contributed by atoms with Crippen molar-refractivity contribution in [3.05, 3.63) is 42.6 Å². The van der Waals surface area contributed by atoms with Crippen LogP contribution >= 0.6 is 23.1 Å². The maximum atomic E-state index is 4.64. The van der Waals surface area contributed by atoms with Gasteiger partial charge in [-0.15, -0.1) is 16.4 Å². The number of thioether (sulfide) groups is 1. The molecule has 4 heterocycles. The third-order valence-electron chi connectivity index (χ3n) is 3.71. The van der Waals surface area contributed by atoms with Gasteiger partial charge in [0.25, 0.3) is 0 Å². The van der Waals surface area contributed by atoms with Crippen LogP contribution in [0.3, 0.4) is 0 Å². The molecule has 0 aliphatic rings. The van der Waals surface area contributed by atoms with E-state index in [4.69, 9.17) is 0 Å². The van der Waals surface area contributed by atoms with E-state index in [9.17, 15) is 0 Å². The summed E-state index contributed by atoms with van der Waals surface area (Å²) in [5.41, 5.74) is 2.63. The van der Waals surface area contributed by atoms with Gasteiger partial charge in [0, 0.05) is 7.05 Å². The number of rotatable bonds is 3. The van der Waals surface area contributed by atoms with Gasteiger partial charge in [-0.3, -0.25) is 4.68 Å². The van der Waals surface area contributed by atoms with Crippen LogP contribution in [0.4, 0.5) is 0 Å². The highest BCUT2D eigenvalue weighted by Crippen LogP contribution is 2.31. The van der Waals surface area contributed by atoms with Gasteiger partial charge >= 0.3 is 0 Å². The minimum absolute atomic E-state index is 0.670. The lowest BCUT2D eigenvalue weighted by atomic mass is 10.3. The van der Waals surface area contributed by atoms with Gasteiger partial charge in [-0.25, -0.2) is 19.5 Å². The highest BCUT2D eigenvalue weighted by molar-refractivity contribution is 8.00. The van der Waals surface area contributed by atoms with Crippen LogP contribution in [-0.4, -0.2) is 34.3 Å². The first-order valence-corrected chi connectivity index (χ1v) is 9.08. The Labute approximate surface area is 144 Å². The maximum Gasteiger partial charge on any atom is 0.170 e. The number of aryl methyl sites for hydroxylation is 1. The number of aromatic nitrogens is 7. The second-order valence-electron chi connectivity index (χ2n) is 5.28. The molecule has 0 spiro atoms. The monoisotopic (exact) mass is 353 g/mol. The van der Waals surface area contributed by atoms with E-state index in [1.54, 1.807) is 44.8 Å². The number of benzene rings is 1. The van der Waals surface area contributed by atoms with Crippen LogP contribution in [0, 0.1) is 0 Å². The Balaban J connectivity index is 1.47. The molecule has 5 aromatic rings. The first-order chi connectivity index (χ1) is 11.8. The summed E-state index contributed by atoms with van der Waals surface area (Å²) in [6, 6.07) is 8.16. The molecule has 7 nitrogen and oxygen atoms in total. The molecule has 0 N–H and O–H groups in total. The van der Waals surface area contributed by atoms with E-state index in [2.05, 4.69) is 31.2 Å². The second kappa shape index (κ2) is 5.25. The average molecular weight is 353 g/mol. The fraction of sp³-hybridized carbons (Fsp3) is 0.133. The molecule has 1 aromatic carbocycles. The summed E-state index contributed by atoms with van der Waals surface area (Å²) in [6.07, 6.45) is 3.45. The summed E-state index contributed by atoms with van der Waals surface area (Å²) in [5.74, 6) is 1.43. The predicted octanol–water partition coefficient (Wildman–Crippen LogP) is 2.91. The Morgan fingerprint density at radius 3 is 3.00 bits per heavy atom. The minimum atomic E-state index is 0.670. The van der Waals surface area contributed by atoms with E-state index >= 15 is 0 Å². The fourth-order valence-electron chi connectivity index (χ4n) is 2.58. The van der Waals surface area contributed by atoms with Crippen molar-refractivity contribution < 1.29 is 0 Å². The van der Waals surface area contributed by atoms with E-state index in [1.807, 2.05) is 25.2 Å². The zero-order chi connectivity index (χ0) is 16.1. The van der Waals surface area contributed by atoms with Gasteiger partial charge < -0.3 is 0 Å². The van der Waals surface area contributed by atoms with E-state index in [0.717, 1.165) is 32.4 Å². The van der Waals surface area contributed by atoms with Crippen LogP contribution in [0.5, 0.6) is 0 Å². The Kier molecular flexibility index (Phi) is 3.03. The van der Waals surface area contributed by atoms with Gasteiger partial charge in [0.2, 0.25) is 0 Å². The SMILES string of the molecule is Cn1ncc2c1ncn1nc(CSc3nc4ccccc4s3)nc21. The molecule has 0 atom stereocenters. The van der Waals surface area contributed by atoms with Gasteiger partial charge in [-0.2, -0.15) is 5.10 Å². The number of para-hydroxylation sites is 1. The van der Waals surface area contributed by atoms with Crippen LogP contribution in [0.25, 0.3) is 26.9 Å². The number of nitrogens with zero attached hydrogens (tertiary/aromatic N) is 7. The summed E-state index contributed by atoms with van der Waals surface area (Å²) in [4.78, 5) is 13.6. The van der Waals surface area contributed by atoms with Crippen LogP contribution in [-0.2, 0) is 12.8 Å². The zero-order valence-electron chi connectivity index (χ0n) is 12.6. The van der Waals surface area contributed by atoms with Crippen molar-refractivity contribution in [3.8, 4) is 0 Å². The number of fused-ring (bicyclic) bond motifs is 4. The maximum absolute atomic E-state index is 4.64. The van der Waals surface area contributed by atoms with Crippen molar-refractivity contribution in [3.63, 3.8) is 0 Å². The number of hydrogen-bond donors (Lipinski definition) is 0. The molecular weight excluding hydrogens is 342 g/mol. The molecule has 5 rings (SSSR count). The summed E-state index contributed by atoms with van der Waals surface area (Å²) < 4.78 is 5.67. The summed E-state index contributed by atoms with van der Waals surface area (Å²) >= 11 is 3.35. The topological polar surface area (TPSA) is 73.8 Å². The molecule has 0 radical (unpaired) electrons. The molecule has 0 unspecified atom stereocenters. The zero-order valence-corrected chi connectivity index (χ0v) is 14.3. The Morgan fingerprint density at radius 2 is 2.08 bits per heavy atom. The van der Waals surface area contributed by atoms with E-state index < -0.39 is 0 Å². The second-order valence-corrected chi connectivity index (χ2v) is 7.54. The van der Waals surface area contributed by atoms with Gasteiger partial charge in [-0.1, -0.05) is 23.9 Å². The summed E-state index contributed by atoms with van der Waals surface area (Å²) in [5, 5.41) is 9.64. The molecule has 0 saturated heterocycles. The van der Waals surface area contributed by atoms with Gasteiger partial charge in [0.15, 0.2) is 21.5 Å². The van der Waals surface area contributed by atoms with Crippen LogP contribution in [0.1, 0.15) is 5.82 Å². The average Bonchev–Trinajstić information content (AvgIpc) is 3.28.